The molecule has 0 aliphatic rings. The Balaban J connectivity index is 2.04. The van der Waals surface area contributed by atoms with E-state index in [1.807, 2.05) is 33.0 Å². The Morgan fingerprint density at radius 3 is 2.74 bits per heavy atom. The van der Waals surface area contributed by atoms with Crippen LogP contribution in [-0.2, 0) is 7.05 Å². The Hall–Kier alpha value is -2.89. The topological polar surface area (TPSA) is 69.0 Å². The molecule has 2 aromatic heterocycles. The largest absolute Gasteiger partial charge is 0.496 e. The number of pyridine rings is 1. The second kappa shape index (κ2) is 5.72. The zero-order chi connectivity index (χ0) is 16.6. The van der Waals surface area contributed by atoms with Gasteiger partial charge in [0.15, 0.2) is 11.5 Å². The van der Waals surface area contributed by atoms with E-state index >= 15 is 0 Å². The van der Waals surface area contributed by atoms with Gasteiger partial charge in [-0.25, -0.2) is 9.67 Å². The highest BCUT2D eigenvalue weighted by atomic mass is 16.5. The molecule has 0 spiro atoms. The molecular weight excluding hydrogens is 292 g/mol. The fourth-order valence-electron chi connectivity index (χ4n) is 2.69. The van der Waals surface area contributed by atoms with E-state index < -0.39 is 0 Å². The summed E-state index contributed by atoms with van der Waals surface area (Å²) in [6, 6.07) is 9.06. The molecule has 1 N–H and O–H groups in total. The maximum absolute atomic E-state index is 12.6. The van der Waals surface area contributed by atoms with Gasteiger partial charge in [0, 0.05) is 12.7 Å². The van der Waals surface area contributed by atoms with Gasteiger partial charge in [0.25, 0.3) is 5.91 Å². The number of carbonyl (C=O) groups excluding carboxylic acids is 1. The molecule has 1 aromatic carbocycles. The third-order valence-electron chi connectivity index (χ3n) is 3.70. The van der Waals surface area contributed by atoms with Crippen molar-refractivity contribution in [1.29, 1.82) is 0 Å². The van der Waals surface area contributed by atoms with E-state index in [2.05, 4.69) is 15.4 Å². The highest BCUT2D eigenvalue weighted by molar-refractivity contribution is 6.09. The molecule has 0 unspecified atom stereocenters. The third-order valence-corrected chi connectivity index (χ3v) is 3.70. The summed E-state index contributed by atoms with van der Waals surface area (Å²) in [6.45, 7) is 3.92. The predicted octanol–water partition coefficient (Wildman–Crippen LogP) is 2.85. The Morgan fingerprint density at radius 1 is 1.26 bits per heavy atom. The lowest BCUT2D eigenvalue weighted by atomic mass is 10.1. The molecule has 0 saturated carbocycles. The van der Waals surface area contributed by atoms with E-state index in [1.54, 1.807) is 30.0 Å². The van der Waals surface area contributed by atoms with E-state index in [9.17, 15) is 4.79 Å². The second-order valence-corrected chi connectivity index (χ2v) is 5.41. The lowest BCUT2D eigenvalue weighted by molar-refractivity contribution is 0.102. The molecule has 1 amide bonds. The predicted molar refractivity (Wildman–Crippen MR) is 88.9 cm³/mol. The van der Waals surface area contributed by atoms with E-state index in [0.29, 0.717) is 17.1 Å². The van der Waals surface area contributed by atoms with E-state index in [-0.39, 0.29) is 5.91 Å². The summed E-state index contributed by atoms with van der Waals surface area (Å²) < 4.78 is 6.91. The van der Waals surface area contributed by atoms with Crippen LogP contribution in [0.2, 0.25) is 0 Å². The van der Waals surface area contributed by atoms with Crippen LogP contribution in [0.4, 0.5) is 5.82 Å². The van der Waals surface area contributed by atoms with E-state index in [0.717, 1.165) is 22.3 Å². The standard InChI is InChI=1S/C17H18N4O2/c1-10-9-11(2)18-16-14(10)15(20-21(16)3)19-17(22)12-7-5-6-8-13(12)23-4/h5-9H,1-4H3,(H,19,20,22). The summed E-state index contributed by atoms with van der Waals surface area (Å²) in [5.41, 5.74) is 3.15. The van der Waals surface area contributed by atoms with Gasteiger partial charge in [0.1, 0.15) is 5.75 Å². The Labute approximate surface area is 134 Å². The summed E-state index contributed by atoms with van der Waals surface area (Å²) >= 11 is 0. The first-order valence-corrected chi connectivity index (χ1v) is 7.26. The van der Waals surface area contributed by atoms with Crippen molar-refractivity contribution < 1.29 is 9.53 Å². The molecule has 0 bridgehead atoms. The minimum atomic E-state index is -0.262. The number of ether oxygens (including phenoxy) is 1. The Morgan fingerprint density at radius 2 is 2.00 bits per heavy atom. The maximum Gasteiger partial charge on any atom is 0.260 e. The fraction of sp³-hybridized carbons (Fsp3) is 0.235. The molecule has 0 aliphatic carbocycles. The normalized spacial score (nSPS) is 10.8. The maximum atomic E-state index is 12.6. The molecule has 0 saturated heterocycles. The van der Waals surface area contributed by atoms with Gasteiger partial charge in [-0.2, -0.15) is 5.10 Å². The monoisotopic (exact) mass is 310 g/mol. The van der Waals surface area contributed by atoms with Gasteiger partial charge in [-0.3, -0.25) is 4.79 Å². The summed E-state index contributed by atoms with van der Waals surface area (Å²) in [6.07, 6.45) is 0. The number of hydrogen-bond acceptors (Lipinski definition) is 4. The van der Waals surface area contributed by atoms with Gasteiger partial charge < -0.3 is 10.1 Å². The third kappa shape index (κ3) is 2.63. The molecule has 118 valence electrons. The van der Waals surface area contributed by atoms with Crippen LogP contribution < -0.4 is 10.1 Å². The Kier molecular flexibility index (Phi) is 3.73. The van der Waals surface area contributed by atoms with Gasteiger partial charge in [-0.15, -0.1) is 0 Å². The zero-order valence-electron chi connectivity index (χ0n) is 13.5. The number of carbonyl (C=O) groups is 1. The van der Waals surface area contributed by atoms with Gasteiger partial charge in [-0.1, -0.05) is 12.1 Å². The molecule has 0 aliphatic heterocycles. The number of amides is 1. The molecule has 6 heteroatoms. The van der Waals surface area contributed by atoms with Crippen molar-refractivity contribution in [3.63, 3.8) is 0 Å². The highest BCUT2D eigenvalue weighted by Gasteiger charge is 2.18. The number of aromatic nitrogens is 3. The molecule has 23 heavy (non-hydrogen) atoms. The number of aryl methyl sites for hydroxylation is 3. The van der Waals surface area contributed by atoms with Crippen molar-refractivity contribution in [3.8, 4) is 5.75 Å². The average molecular weight is 310 g/mol. The number of hydrogen-bond donors (Lipinski definition) is 1. The fourth-order valence-corrected chi connectivity index (χ4v) is 2.69. The van der Waals surface area contributed by atoms with Crippen molar-refractivity contribution in [2.24, 2.45) is 7.05 Å². The van der Waals surface area contributed by atoms with Crippen LogP contribution in [0.3, 0.4) is 0 Å². The lowest BCUT2D eigenvalue weighted by Crippen LogP contribution is -2.14. The van der Waals surface area contributed by atoms with E-state index in [4.69, 9.17) is 4.74 Å². The number of methoxy groups -OCH3 is 1. The van der Waals surface area contributed by atoms with Gasteiger partial charge in [0.2, 0.25) is 0 Å². The molecule has 3 rings (SSSR count). The molecule has 0 fully saturated rings. The first-order chi connectivity index (χ1) is 11.0. The van der Waals surface area contributed by atoms with Crippen LogP contribution in [-0.4, -0.2) is 27.8 Å². The SMILES string of the molecule is COc1ccccc1C(=O)Nc1nn(C)c2nc(C)cc(C)c12. The molecule has 3 aromatic rings. The van der Waals surface area contributed by atoms with Crippen molar-refractivity contribution in [2.45, 2.75) is 13.8 Å². The Bertz CT molecular complexity index is 899. The van der Waals surface area contributed by atoms with Gasteiger partial charge in [0.05, 0.1) is 18.1 Å². The van der Waals surface area contributed by atoms with Gasteiger partial charge in [-0.05, 0) is 37.6 Å². The number of para-hydroxylation sites is 1. The first-order valence-electron chi connectivity index (χ1n) is 7.26. The summed E-state index contributed by atoms with van der Waals surface area (Å²) in [7, 11) is 3.35. The number of benzene rings is 1. The van der Waals surface area contributed by atoms with Crippen LogP contribution in [0.5, 0.6) is 5.75 Å². The average Bonchev–Trinajstić information content (AvgIpc) is 2.83. The number of nitrogens with zero attached hydrogens (tertiary/aromatic N) is 3. The van der Waals surface area contributed by atoms with Crippen molar-refractivity contribution >= 4 is 22.8 Å². The van der Waals surface area contributed by atoms with E-state index in [1.165, 1.54) is 0 Å². The lowest BCUT2D eigenvalue weighted by Gasteiger charge is -2.08. The van der Waals surface area contributed by atoms with Crippen LogP contribution in [0.25, 0.3) is 11.0 Å². The smallest absolute Gasteiger partial charge is 0.260 e. The summed E-state index contributed by atoms with van der Waals surface area (Å²) in [5, 5.41) is 8.11. The molecular formula is C17H18N4O2. The number of nitrogens with one attached hydrogen (secondary N) is 1. The molecule has 2 heterocycles. The molecule has 0 atom stereocenters. The summed E-state index contributed by atoms with van der Waals surface area (Å²) in [4.78, 5) is 17.1. The van der Waals surface area contributed by atoms with Crippen LogP contribution >= 0.6 is 0 Å². The number of fused-ring (bicyclic) bond motifs is 1. The van der Waals surface area contributed by atoms with Crippen LogP contribution in [0.1, 0.15) is 21.6 Å². The molecule has 6 nitrogen and oxygen atoms in total. The quantitative estimate of drug-likeness (QED) is 0.807. The van der Waals surface area contributed by atoms with Crippen molar-refractivity contribution in [1.82, 2.24) is 14.8 Å². The number of rotatable bonds is 3. The number of anilines is 1. The minimum absolute atomic E-state index is 0.262. The van der Waals surface area contributed by atoms with Crippen molar-refractivity contribution in [2.75, 3.05) is 12.4 Å². The van der Waals surface area contributed by atoms with Crippen LogP contribution in [0, 0.1) is 13.8 Å². The highest BCUT2D eigenvalue weighted by Crippen LogP contribution is 2.26. The zero-order valence-corrected chi connectivity index (χ0v) is 13.5. The van der Waals surface area contributed by atoms with Gasteiger partial charge >= 0.3 is 0 Å². The summed E-state index contributed by atoms with van der Waals surface area (Å²) in [5.74, 6) is 0.766. The minimum Gasteiger partial charge on any atom is -0.496 e. The first kappa shape index (κ1) is 15.0. The van der Waals surface area contributed by atoms with Crippen molar-refractivity contribution in [3.05, 3.63) is 47.2 Å². The second-order valence-electron chi connectivity index (χ2n) is 5.41. The molecule has 0 radical (unpaired) electrons. The van der Waals surface area contributed by atoms with Crippen LogP contribution in [0.15, 0.2) is 30.3 Å².